The van der Waals surface area contributed by atoms with Crippen LogP contribution in [0.3, 0.4) is 0 Å². The Labute approximate surface area is 117 Å². The van der Waals surface area contributed by atoms with Crippen LogP contribution in [-0.2, 0) is 0 Å². The highest BCUT2D eigenvalue weighted by Gasteiger charge is 2.29. The van der Waals surface area contributed by atoms with Crippen molar-refractivity contribution in [1.82, 2.24) is 4.90 Å². The lowest BCUT2D eigenvalue weighted by molar-refractivity contribution is 0.212. The summed E-state index contributed by atoms with van der Waals surface area (Å²) in [6, 6.07) is 0. The molecule has 18 heavy (non-hydrogen) atoms. The van der Waals surface area contributed by atoms with Crippen LogP contribution in [0.15, 0.2) is 0 Å². The van der Waals surface area contributed by atoms with Crippen molar-refractivity contribution < 1.29 is 0 Å². The summed E-state index contributed by atoms with van der Waals surface area (Å²) in [6.45, 7) is 8.49. The predicted octanol–water partition coefficient (Wildman–Crippen LogP) is 3.26. The summed E-state index contributed by atoms with van der Waals surface area (Å²) < 4.78 is 0.472. The first kappa shape index (κ1) is 14.7. The van der Waals surface area contributed by atoms with Crippen LogP contribution in [0.1, 0.15) is 58.8 Å². The zero-order valence-corrected chi connectivity index (χ0v) is 13.0. The van der Waals surface area contributed by atoms with Crippen LogP contribution in [0.5, 0.6) is 0 Å². The van der Waals surface area contributed by atoms with Crippen molar-refractivity contribution in [3.05, 3.63) is 0 Å². The molecule has 0 radical (unpaired) electrons. The van der Waals surface area contributed by atoms with Crippen LogP contribution >= 0.6 is 11.8 Å². The molecule has 1 aliphatic carbocycles. The normalized spacial score (nSPS) is 28.8. The van der Waals surface area contributed by atoms with Crippen molar-refractivity contribution in [2.45, 2.75) is 69.1 Å². The fourth-order valence-corrected chi connectivity index (χ4v) is 4.31. The number of hydrogen-bond donors (Lipinski definition) is 1. The van der Waals surface area contributed by atoms with Gasteiger partial charge in [-0.05, 0) is 38.8 Å². The quantitative estimate of drug-likeness (QED) is 0.853. The summed E-state index contributed by atoms with van der Waals surface area (Å²) in [6.07, 6.45) is 9.11. The molecule has 2 nitrogen and oxygen atoms in total. The Balaban J connectivity index is 1.76. The molecule has 0 aromatic rings. The minimum absolute atomic E-state index is 0.160. The molecule has 0 aromatic heterocycles. The summed E-state index contributed by atoms with van der Waals surface area (Å²) in [5, 5.41) is 0. The molecule has 2 fully saturated rings. The molecule has 0 aromatic carbocycles. The van der Waals surface area contributed by atoms with Gasteiger partial charge in [0, 0.05) is 22.6 Å². The smallest absolute Gasteiger partial charge is 0.0166 e. The van der Waals surface area contributed by atoms with Gasteiger partial charge >= 0.3 is 0 Å². The van der Waals surface area contributed by atoms with Crippen LogP contribution in [0, 0.1) is 0 Å². The van der Waals surface area contributed by atoms with Gasteiger partial charge in [-0.25, -0.2) is 0 Å². The average molecular weight is 270 g/mol. The van der Waals surface area contributed by atoms with E-state index >= 15 is 0 Å². The second-order valence-corrected chi connectivity index (χ2v) is 8.67. The van der Waals surface area contributed by atoms with Crippen LogP contribution in [-0.4, -0.2) is 40.6 Å². The zero-order chi connectivity index (χ0) is 13.1. The zero-order valence-electron chi connectivity index (χ0n) is 12.2. The summed E-state index contributed by atoms with van der Waals surface area (Å²) >= 11 is 2.13. The summed E-state index contributed by atoms with van der Waals surface area (Å²) in [4.78, 5) is 2.64. The van der Waals surface area contributed by atoms with Crippen molar-refractivity contribution in [1.29, 1.82) is 0 Å². The molecule has 0 amide bonds. The average Bonchev–Trinajstić information content (AvgIpc) is 2.49. The van der Waals surface area contributed by atoms with Crippen LogP contribution in [0.25, 0.3) is 0 Å². The van der Waals surface area contributed by atoms with E-state index < -0.39 is 0 Å². The molecule has 3 heteroatoms. The SMILES string of the molecule is CC1(C)CCN(CCC2(N)CCCCC2)CCS1. The first-order valence-electron chi connectivity index (χ1n) is 7.64. The lowest BCUT2D eigenvalue weighted by atomic mass is 9.80. The largest absolute Gasteiger partial charge is 0.325 e. The third-order valence-electron chi connectivity index (χ3n) is 4.71. The molecule has 2 aliphatic rings. The second-order valence-electron chi connectivity index (χ2n) is 6.87. The summed E-state index contributed by atoms with van der Waals surface area (Å²) in [7, 11) is 0. The van der Waals surface area contributed by atoms with E-state index in [1.165, 1.54) is 70.3 Å². The van der Waals surface area contributed by atoms with Crippen LogP contribution in [0.4, 0.5) is 0 Å². The minimum Gasteiger partial charge on any atom is -0.325 e. The van der Waals surface area contributed by atoms with Gasteiger partial charge in [0.25, 0.3) is 0 Å². The fraction of sp³-hybridized carbons (Fsp3) is 1.00. The van der Waals surface area contributed by atoms with E-state index in [0.717, 1.165) is 0 Å². The maximum atomic E-state index is 6.54. The Morgan fingerprint density at radius 1 is 1.06 bits per heavy atom. The highest BCUT2D eigenvalue weighted by Crippen LogP contribution is 2.32. The highest BCUT2D eigenvalue weighted by molar-refractivity contribution is 8.00. The molecular formula is C15H30N2S. The monoisotopic (exact) mass is 270 g/mol. The maximum Gasteiger partial charge on any atom is 0.0166 e. The van der Waals surface area contributed by atoms with E-state index in [-0.39, 0.29) is 5.54 Å². The van der Waals surface area contributed by atoms with Gasteiger partial charge in [0.15, 0.2) is 0 Å². The lowest BCUT2D eigenvalue weighted by Crippen LogP contribution is -2.45. The molecule has 1 saturated heterocycles. The molecule has 1 heterocycles. The fourth-order valence-electron chi connectivity index (χ4n) is 3.17. The minimum atomic E-state index is 0.160. The van der Waals surface area contributed by atoms with Crippen LogP contribution in [0.2, 0.25) is 0 Å². The highest BCUT2D eigenvalue weighted by atomic mass is 32.2. The number of nitrogens with two attached hydrogens (primary N) is 1. The Morgan fingerprint density at radius 2 is 1.78 bits per heavy atom. The van der Waals surface area contributed by atoms with Gasteiger partial charge in [0.05, 0.1) is 0 Å². The molecule has 0 spiro atoms. The molecule has 2 rings (SSSR count). The number of thioether (sulfide) groups is 1. The van der Waals surface area contributed by atoms with E-state index in [2.05, 4.69) is 30.5 Å². The second kappa shape index (κ2) is 6.15. The molecular weight excluding hydrogens is 240 g/mol. The number of hydrogen-bond acceptors (Lipinski definition) is 3. The molecule has 0 bridgehead atoms. The molecule has 0 atom stereocenters. The molecule has 0 unspecified atom stereocenters. The topological polar surface area (TPSA) is 29.3 Å². The van der Waals surface area contributed by atoms with Crippen molar-refractivity contribution in [2.75, 3.05) is 25.4 Å². The Bertz CT molecular complexity index is 259. The molecule has 1 aliphatic heterocycles. The standard InChI is InChI=1S/C15H30N2S/c1-14(2)8-10-17(12-13-18-14)11-9-15(16)6-4-3-5-7-15/h3-13,16H2,1-2H3. The summed E-state index contributed by atoms with van der Waals surface area (Å²) in [5.41, 5.74) is 6.70. The van der Waals surface area contributed by atoms with Gasteiger partial charge in [0.2, 0.25) is 0 Å². The van der Waals surface area contributed by atoms with Crippen molar-refractivity contribution in [3.63, 3.8) is 0 Å². The lowest BCUT2D eigenvalue weighted by Gasteiger charge is -2.35. The number of rotatable bonds is 3. The Hall–Kier alpha value is 0.270. The van der Waals surface area contributed by atoms with Crippen molar-refractivity contribution in [2.24, 2.45) is 5.73 Å². The van der Waals surface area contributed by atoms with Gasteiger partial charge in [-0.3, -0.25) is 0 Å². The van der Waals surface area contributed by atoms with E-state index in [4.69, 9.17) is 5.73 Å². The maximum absolute atomic E-state index is 6.54. The van der Waals surface area contributed by atoms with Gasteiger partial charge < -0.3 is 10.6 Å². The van der Waals surface area contributed by atoms with Crippen molar-refractivity contribution >= 4 is 11.8 Å². The van der Waals surface area contributed by atoms with E-state index in [0.29, 0.717) is 4.75 Å². The van der Waals surface area contributed by atoms with E-state index in [1.807, 2.05) is 0 Å². The molecule has 2 N–H and O–H groups in total. The van der Waals surface area contributed by atoms with Crippen LogP contribution < -0.4 is 5.73 Å². The van der Waals surface area contributed by atoms with E-state index in [9.17, 15) is 0 Å². The third kappa shape index (κ3) is 4.43. The van der Waals surface area contributed by atoms with Gasteiger partial charge in [0.1, 0.15) is 0 Å². The third-order valence-corrected chi connectivity index (χ3v) is 6.08. The first-order chi connectivity index (χ1) is 8.49. The van der Waals surface area contributed by atoms with Gasteiger partial charge in [-0.1, -0.05) is 33.1 Å². The van der Waals surface area contributed by atoms with Gasteiger partial charge in [-0.15, -0.1) is 0 Å². The Kier molecular flexibility index (Phi) is 5.01. The number of nitrogens with zero attached hydrogens (tertiary/aromatic N) is 1. The predicted molar refractivity (Wildman–Crippen MR) is 82.2 cm³/mol. The summed E-state index contributed by atoms with van der Waals surface area (Å²) in [5.74, 6) is 1.28. The van der Waals surface area contributed by atoms with E-state index in [1.54, 1.807) is 0 Å². The first-order valence-corrected chi connectivity index (χ1v) is 8.63. The molecule has 1 saturated carbocycles. The van der Waals surface area contributed by atoms with Crippen molar-refractivity contribution in [3.8, 4) is 0 Å². The Morgan fingerprint density at radius 3 is 2.50 bits per heavy atom. The van der Waals surface area contributed by atoms with Gasteiger partial charge in [-0.2, -0.15) is 11.8 Å². The molecule has 106 valence electrons.